The highest BCUT2D eigenvalue weighted by atomic mass is 35.5. The number of anilines is 1. The number of halogens is 1. The second-order valence-electron chi connectivity index (χ2n) is 5.65. The standard InChI is InChI=1S/C19H19ClN4O2/c1-26-18-16(20)7-3-8-17(18)23-19(25)21-12-14-5-2-6-15(11-14)13-24-10-4-9-22-24/h2-11H,12-13H2,1H3,(H2,21,23,25). The van der Waals surface area contributed by atoms with E-state index in [2.05, 4.69) is 15.7 Å². The highest BCUT2D eigenvalue weighted by Gasteiger charge is 2.10. The van der Waals surface area contributed by atoms with E-state index in [9.17, 15) is 4.79 Å². The van der Waals surface area contributed by atoms with E-state index >= 15 is 0 Å². The van der Waals surface area contributed by atoms with Gasteiger partial charge in [0.05, 0.1) is 24.4 Å². The number of para-hydroxylation sites is 1. The van der Waals surface area contributed by atoms with Crippen molar-refractivity contribution in [2.45, 2.75) is 13.1 Å². The molecule has 0 aliphatic carbocycles. The minimum atomic E-state index is -0.331. The largest absolute Gasteiger partial charge is 0.493 e. The molecule has 0 radical (unpaired) electrons. The van der Waals surface area contributed by atoms with Crippen LogP contribution in [0.5, 0.6) is 5.75 Å². The Kier molecular flexibility index (Phi) is 5.76. The summed E-state index contributed by atoms with van der Waals surface area (Å²) in [6.45, 7) is 1.09. The quantitative estimate of drug-likeness (QED) is 0.691. The van der Waals surface area contributed by atoms with Crippen molar-refractivity contribution in [2.75, 3.05) is 12.4 Å². The number of rotatable bonds is 6. The van der Waals surface area contributed by atoms with Gasteiger partial charge in [0.25, 0.3) is 0 Å². The summed E-state index contributed by atoms with van der Waals surface area (Å²) in [5.74, 6) is 0.436. The summed E-state index contributed by atoms with van der Waals surface area (Å²) in [6, 6.07) is 14.7. The number of nitrogens with zero attached hydrogens (tertiary/aromatic N) is 2. The van der Waals surface area contributed by atoms with Crippen LogP contribution in [0.25, 0.3) is 0 Å². The SMILES string of the molecule is COc1c(Cl)cccc1NC(=O)NCc1cccc(Cn2cccn2)c1. The molecule has 0 unspecified atom stereocenters. The van der Waals surface area contributed by atoms with E-state index in [1.54, 1.807) is 24.4 Å². The zero-order valence-corrected chi connectivity index (χ0v) is 15.0. The van der Waals surface area contributed by atoms with Crippen LogP contribution in [-0.2, 0) is 13.1 Å². The van der Waals surface area contributed by atoms with Crippen molar-refractivity contribution in [3.8, 4) is 5.75 Å². The molecule has 2 aromatic carbocycles. The molecular formula is C19H19ClN4O2. The molecule has 0 aliphatic rings. The Morgan fingerprint density at radius 2 is 2.00 bits per heavy atom. The fourth-order valence-electron chi connectivity index (χ4n) is 2.58. The molecule has 0 bridgehead atoms. The van der Waals surface area contributed by atoms with Gasteiger partial charge in [-0.1, -0.05) is 41.9 Å². The van der Waals surface area contributed by atoms with E-state index in [0.29, 0.717) is 29.5 Å². The third-order valence-corrected chi connectivity index (χ3v) is 4.07. The Morgan fingerprint density at radius 1 is 1.19 bits per heavy atom. The molecule has 2 N–H and O–H groups in total. The number of carbonyl (C=O) groups is 1. The monoisotopic (exact) mass is 370 g/mol. The predicted molar refractivity (Wildman–Crippen MR) is 102 cm³/mol. The fraction of sp³-hybridized carbons (Fsp3) is 0.158. The maximum atomic E-state index is 12.2. The van der Waals surface area contributed by atoms with Gasteiger partial charge < -0.3 is 15.4 Å². The van der Waals surface area contributed by atoms with Crippen molar-refractivity contribution < 1.29 is 9.53 Å². The number of urea groups is 1. The van der Waals surface area contributed by atoms with Crippen LogP contribution in [0.1, 0.15) is 11.1 Å². The third kappa shape index (κ3) is 4.55. The maximum Gasteiger partial charge on any atom is 0.319 e. The Hall–Kier alpha value is -2.99. The van der Waals surface area contributed by atoms with E-state index in [1.807, 2.05) is 41.2 Å². The van der Waals surface area contributed by atoms with Gasteiger partial charge in [-0.2, -0.15) is 5.10 Å². The number of amides is 2. The summed E-state index contributed by atoms with van der Waals surface area (Å²) in [5.41, 5.74) is 2.64. The van der Waals surface area contributed by atoms with E-state index in [0.717, 1.165) is 11.1 Å². The van der Waals surface area contributed by atoms with Crippen LogP contribution in [0.15, 0.2) is 60.9 Å². The third-order valence-electron chi connectivity index (χ3n) is 3.77. The number of methoxy groups -OCH3 is 1. The summed E-state index contributed by atoms with van der Waals surface area (Å²) >= 11 is 6.06. The molecule has 3 rings (SSSR count). The van der Waals surface area contributed by atoms with Crippen LogP contribution < -0.4 is 15.4 Å². The Morgan fingerprint density at radius 3 is 2.77 bits per heavy atom. The van der Waals surface area contributed by atoms with E-state index < -0.39 is 0 Å². The number of benzene rings is 2. The topological polar surface area (TPSA) is 68.2 Å². The lowest BCUT2D eigenvalue weighted by atomic mass is 10.1. The van der Waals surface area contributed by atoms with Crippen molar-refractivity contribution >= 4 is 23.3 Å². The average Bonchev–Trinajstić information content (AvgIpc) is 3.13. The van der Waals surface area contributed by atoms with Crippen LogP contribution in [0, 0.1) is 0 Å². The molecule has 134 valence electrons. The molecule has 6 nitrogen and oxygen atoms in total. The second kappa shape index (κ2) is 8.40. The summed E-state index contributed by atoms with van der Waals surface area (Å²) < 4.78 is 7.07. The molecule has 0 saturated carbocycles. The molecule has 7 heteroatoms. The number of hydrogen-bond donors (Lipinski definition) is 2. The van der Waals surface area contributed by atoms with Crippen molar-refractivity contribution in [3.05, 3.63) is 77.1 Å². The summed E-state index contributed by atoms with van der Waals surface area (Å²) in [7, 11) is 1.51. The van der Waals surface area contributed by atoms with Crippen molar-refractivity contribution in [3.63, 3.8) is 0 Å². The molecule has 0 spiro atoms. The Labute approximate surface area is 156 Å². The van der Waals surface area contributed by atoms with Crippen LogP contribution >= 0.6 is 11.6 Å². The maximum absolute atomic E-state index is 12.2. The fourth-order valence-corrected chi connectivity index (χ4v) is 2.83. The molecule has 2 amide bonds. The second-order valence-corrected chi connectivity index (χ2v) is 6.06. The van der Waals surface area contributed by atoms with Crippen molar-refractivity contribution in [1.29, 1.82) is 0 Å². The molecule has 0 fully saturated rings. The van der Waals surface area contributed by atoms with Crippen LogP contribution in [-0.4, -0.2) is 22.9 Å². The first kappa shape index (κ1) is 17.8. The lowest BCUT2D eigenvalue weighted by molar-refractivity contribution is 0.251. The smallest absolute Gasteiger partial charge is 0.319 e. The van der Waals surface area contributed by atoms with Gasteiger partial charge in [0.2, 0.25) is 0 Å². The number of carbonyl (C=O) groups excluding carboxylic acids is 1. The number of hydrogen-bond acceptors (Lipinski definition) is 3. The lowest BCUT2D eigenvalue weighted by Crippen LogP contribution is -2.28. The van der Waals surface area contributed by atoms with E-state index in [4.69, 9.17) is 16.3 Å². The van der Waals surface area contributed by atoms with Gasteiger partial charge in [-0.15, -0.1) is 0 Å². The van der Waals surface area contributed by atoms with Gasteiger partial charge in [-0.05, 0) is 29.3 Å². The number of nitrogens with one attached hydrogen (secondary N) is 2. The minimum absolute atomic E-state index is 0.331. The van der Waals surface area contributed by atoms with Gasteiger partial charge in [0.1, 0.15) is 0 Å². The molecule has 0 aliphatic heterocycles. The first-order chi connectivity index (χ1) is 12.7. The predicted octanol–water partition coefficient (Wildman–Crippen LogP) is 3.92. The van der Waals surface area contributed by atoms with E-state index in [1.165, 1.54) is 7.11 Å². The molecule has 1 aromatic heterocycles. The first-order valence-electron chi connectivity index (χ1n) is 8.08. The van der Waals surface area contributed by atoms with Gasteiger partial charge in [0, 0.05) is 18.9 Å². The molecule has 3 aromatic rings. The van der Waals surface area contributed by atoms with Gasteiger partial charge in [-0.3, -0.25) is 4.68 Å². The van der Waals surface area contributed by atoms with E-state index in [-0.39, 0.29) is 6.03 Å². The number of ether oxygens (including phenoxy) is 1. The normalized spacial score (nSPS) is 10.4. The summed E-state index contributed by atoms with van der Waals surface area (Å²) in [5, 5.41) is 10.2. The van der Waals surface area contributed by atoms with Gasteiger partial charge >= 0.3 is 6.03 Å². The highest BCUT2D eigenvalue weighted by Crippen LogP contribution is 2.32. The van der Waals surface area contributed by atoms with Crippen molar-refractivity contribution in [1.82, 2.24) is 15.1 Å². The minimum Gasteiger partial charge on any atom is -0.493 e. The van der Waals surface area contributed by atoms with Crippen LogP contribution in [0.3, 0.4) is 0 Å². The molecule has 0 saturated heterocycles. The number of aromatic nitrogens is 2. The Bertz CT molecular complexity index is 881. The summed E-state index contributed by atoms with van der Waals surface area (Å²) in [4.78, 5) is 12.2. The van der Waals surface area contributed by atoms with Gasteiger partial charge in [0.15, 0.2) is 5.75 Å². The van der Waals surface area contributed by atoms with Crippen LogP contribution in [0.4, 0.5) is 10.5 Å². The highest BCUT2D eigenvalue weighted by molar-refractivity contribution is 6.32. The molecule has 26 heavy (non-hydrogen) atoms. The zero-order chi connectivity index (χ0) is 18.4. The molecule has 0 atom stereocenters. The summed E-state index contributed by atoms with van der Waals surface area (Å²) in [6.07, 6.45) is 3.66. The van der Waals surface area contributed by atoms with Crippen LogP contribution in [0.2, 0.25) is 5.02 Å². The van der Waals surface area contributed by atoms with Gasteiger partial charge in [-0.25, -0.2) is 4.79 Å². The Balaban J connectivity index is 1.59. The molecular weight excluding hydrogens is 352 g/mol. The average molecular weight is 371 g/mol. The lowest BCUT2D eigenvalue weighted by Gasteiger charge is -2.12. The zero-order valence-electron chi connectivity index (χ0n) is 14.3. The first-order valence-corrected chi connectivity index (χ1v) is 8.46. The van der Waals surface area contributed by atoms with Crippen molar-refractivity contribution in [2.24, 2.45) is 0 Å². The molecule has 1 heterocycles.